The highest BCUT2D eigenvalue weighted by Crippen LogP contribution is 2.50. The first-order valence-electron chi connectivity index (χ1n) is 10.9. The SMILES string of the molecule is Nc1nc2cc(C[C@@H]3CC[C@]4(O)C(O)[C@H](n5ccc6c(N)ncnc65)O[C@H]34)cc(F)c2cc1F. The van der Waals surface area contributed by atoms with Gasteiger partial charge in [0.05, 0.1) is 17.0 Å². The predicted molar refractivity (Wildman–Crippen MR) is 119 cm³/mol. The number of aliphatic hydroxyl groups is 2. The molecule has 2 fully saturated rings. The van der Waals surface area contributed by atoms with Crippen molar-refractivity contribution in [1.82, 2.24) is 19.5 Å². The summed E-state index contributed by atoms with van der Waals surface area (Å²) in [5.41, 5.74) is 11.4. The van der Waals surface area contributed by atoms with Gasteiger partial charge in [-0.25, -0.2) is 23.7 Å². The van der Waals surface area contributed by atoms with Crippen LogP contribution in [0.5, 0.6) is 0 Å². The number of benzene rings is 1. The molecule has 1 aromatic carbocycles. The first kappa shape index (κ1) is 21.1. The number of rotatable bonds is 3. The number of halogens is 2. The van der Waals surface area contributed by atoms with Crippen molar-refractivity contribution < 1.29 is 23.7 Å². The number of aromatic nitrogens is 4. The zero-order valence-electron chi connectivity index (χ0n) is 17.9. The molecule has 0 bridgehead atoms. The van der Waals surface area contributed by atoms with Crippen LogP contribution in [-0.4, -0.2) is 47.5 Å². The van der Waals surface area contributed by atoms with Crippen molar-refractivity contribution in [3.8, 4) is 0 Å². The van der Waals surface area contributed by atoms with E-state index < -0.39 is 35.7 Å². The Balaban J connectivity index is 1.31. The molecule has 0 radical (unpaired) electrons. The Morgan fingerprint density at radius 3 is 2.76 bits per heavy atom. The number of hydrogen-bond acceptors (Lipinski definition) is 8. The number of fused-ring (bicyclic) bond motifs is 3. The summed E-state index contributed by atoms with van der Waals surface area (Å²) in [7, 11) is 0. The maximum Gasteiger partial charge on any atom is 0.165 e. The fourth-order valence-corrected chi connectivity index (χ4v) is 5.46. The molecule has 1 aliphatic heterocycles. The van der Waals surface area contributed by atoms with Gasteiger partial charge in [0, 0.05) is 11.6 Å². The number of nitrogens with zero attached hydrogens (tertiary/aromatic N) is 4. The van der Waals surface area contributed by atoms with Crippen LogP contribution in [0.15, 0.2) is 36.8 Å². The Morgan fingerprint density at radius 1 is 1.12 bits per heavy atom. The van der Waals surface area contributed by atoms with E-state index in [1.165, 1.54) is 12.4 Å². The maximum atomic E-state index is 14.7. The van der Waals surface area contributed by atoms with Crippen LogP contribution < -0.4 is 11.5 Å². The lowest BCUT2D eigenvalue weighted by atomic mass is 9.90. The summed E-state index contributed by atoms with van der Waals surface area (Å²) in [6, 6.07) is 5.76. The number of ether oxygens (including phenoxy) is 1. The van der Waals surface area contributed by atoms with Crippen molar-refractivity contribution in [1.29, 1.82) is 0 Å². The van der Waals surface area contributed by atoms with E-state index in [1.54, 1.807) is 22.9 Å². The summed E-state index contributed by atoms with van der Waals surface area (Å²) in [5.74, 6) is -1.56. The van der Waals surface area contributed by atoms with Crippen LogP contribution in [0, 0.1) is 17.6 Å². The van der Waals surface area contributed by atoms with Crippen LogP contribution in [-0.2, 0) is 11.2 Å². The van der Waals surface area contributed by atoms with Crippen molar-refractivity contribution in [2.45, 2.75) is 43.3 Å². The van der Waals surface area contributed by atoms with E-state index in [-0.39, 0.29) is 22.6 Å². The Morgan fingerprint density at radius 2 is 1.94 bits per heavy atom. The number of pyridine rings is 1. The molecular weight excluding hydrogens is 446 g/mol. The molecule has 9 nitrogen and oxygen atoms in total. The second-order valence-electron chi connectivity index (χ2n) is 9.11. The molecule has 2 aliphatic rings. The monoisotopic (exact) mass is 468 g/mol. The Labute approximate surface area is 192 Å². The van der Waals surface area contributed by atoms with Crippen molar-refractivity contribution in [3.05, 3.63) is 54.0 Å². The van der Waals surface area contributed by atoms with Gasteiger partial charge in [0.15, 0.2) is 17.9 Å². The standard InChI is InChI=1S/C23H22F2N6O3/c24-14-6-10(7-16-13(14)8-15(25)20(27)30-16)5-11-1-3-23(33)17(32)22(34-18(11)23)31-4-2-12-19(26)28-9-29-21(12)31/h2,4,6-9,11,17-18,22,32-33H,1,3,5H2,(H2,27,30)(H2,26,28,29)/t11-,17?,18+,22+,23-/m0/s1. The lowest BCUT2D eigenvalue weighted by Crippen LogP contribution is -2.45. The molecule has 1 aliphatic carbocycles. The van der Waals surface area contributed by atoms with Crippen molar-refractivity contribution in [2.75, 3.05) is 11.5 Å². The highest BCUT2D eigenvalue weighted by atomic mass is 19.1. The van der Waals surface area contributed by atoms with Crippen molar-refractivity contribution >= 4 is 33.6 Å². The molecule has 1 saturated heterocycles. The minimum atomic E-state index is -1.47. The summed E-state index contributed by atoms with van der Waals surface area (Å²) >= 11 is 0. The zero-order valence-corrected chi connectivity index (χ0v) is 17.9. The molecule has 11 heteroatoms. The van der Waals surface area contributed by atoms with Crippen LogP contribution in [0.4, 0.5) is 20.4 Å². The van der Waals surface area contributed by atoms with Crippen LogP contribution in [0.3, 0.4) is 0 Å². The van der Waals surface area contributed by atoms with Gasteiger partial charge in [-0.05, 0) is 55.0 Å². The molecular formula is C23H22F2N6O3. The molecule has 176 valence electrons. The largest absolute Gasteiger partial charge is 0.385 e. The summed E-state index contributed by atoms with van der Waals surface area (Å²) in [4.78, 5) is 12.2. The molecule has 6 N–H and O–H groups in total. The minimum absolute atomic E-state index is 0.0479. The Kier molecular flexibility index (Phi) is 4.54. The second-order valence-corrected chi connectivity index (χ2v) is 9.11. The molecule has 0 spiro atoms. The summed E-state index contributed by atoms with van der Waals surface area (Å²) in [6.45, 7) is 0. The topological polar surface area (TPSA) is 145 Å². The lowest BCUT2D eigenvalue weighted by molar-refractivity contribution is -0.0675. The lowest BCUT2D eigenvalue weighted by Gasteiger charge is -2.26. The van der Waals surface area contributed by atoms with E-state index in [4.69, 9.17) is 16.2 Å². The smallest absolute Gasteiger partial charge is 0.165 e. The van der Waals surface area contributed by atoms with E-state index in [2.05, 4.69) is 15.0 Å². The van der Waals surface area contributed by atoms with E-state index >= 15 is 0 Å². The van der Waals surface area contributed by atoms with Gasteiger partial charge < -0.3 is 31.0 Å². The first-order valence-corrected chi connectivity index (χ1v) is 10.9. The molecule has 1 unspecified atom stereocenters. The van der Waals surface area contributed by atoms with Crippen LogP contribution in [0.2, 0.25) is 0 Å². The molecule has 3 aromatic heterocycles. The van der Waals surface area contributed by atoms with Gasteiger partial charge in [0.2, 0.25) is 0 Å². The van der Waals surface area contributed by atoms with Gasteiger partial charge >= 0.3 is 0 Å². The quantitative estimate of drug-likeness (QED) is 0.358. The average Bonchev–Trinajstić information content (AvgIpc) is 3.43. The van der Waals surface area contributed by atoms with Crippen LogP contribution in [0.1, 0.15) is 24.6 Å². The molecule has 4 aromatic rings. The summed E-state index contributed by atoms with van der Waals surface area (Å²) in [5, 5.41) is 23.1. The molecule has 4 heterocycles. The fraction of sp³-hybridized carbons (Fsp3) is 0.348. The maximum absolute atomic E-state index is 14.7. The number of nitrogens with two attached hydrogens (primary N) is 2. The Bertz CT molecular complexity index is 1450. The normalized spacial score (nSPS) is 28.7. The van der Waals surface area contributed by atoms with Gasteiger partial charge in [-0.2, -0.15) is 0 Å². The fourth-order valence-electron chi connectivity index (χ4n) is 5.46. The van der Waals surface area contributed by atoms with E-state index in [1.807, 2.05) is 0 Å². The average molecular weight is 468 g/mol. The van der Waals surface area contributed by atoms with E-state index in [0.717, 1.165) is 6.07 Å². The van der Waals surface area contributed by atoms with Gasteiger partial charge in [0.1, 0.15) is 35.3 Å². The molecule has 34 heavy (non-hydrogen) atoms. The third-order valence-electron chi connectivity index (χ3n) is 7.14. The molecule has 1 saturated carbocycles. The summed E-state index contributed by atoms with van der Waals surface area (Å²) in [6.07, 6.45) is 1.53. The Hall–Kier alpha value is -3.41. The number of hydrogen-bond donors (Lipinski definition) is 4. The first-order chi connectivity index (χ1) is 16.3. The third-order valence-corrected chi connectivity index (χ3v) is 7.14. The van der Waals surface area contributed by atoms with E-state index in [0.29, 0.717) is 41.7 Å². The highest BCUT2D eigenvalue weighted by Gasteiger charge is 2.61. The van der Waals surface area contributed by atoms with Crippen molar-refractivity contribution in [2.24, 2.45) is 5.92 Å². The van der Waals surface area contributed by atoms with E-state index in [9.17, 15) is 19.0 Å². The highest BCUT2D eigenvalue weighted by molar-refractivity contribution is 5.86. The van der Waals surface area contributed by atoms with Gasteiger partial charge in [-0.15, -0.1) is 0 Å². The van der Waals surface area contributed by atoms with Crippen LogP contribution >= 0.6 is 0 Å². The van der Waals surface area contributed by atoms with Gasteiger partial charge in [0.25, 0.3) is 0 Å². The number of nitrogen functional groups attached to an aromatic ring is 2. The number of anilines is 2. The van der Waals surface area contributed by atoms with Gasteiger partial charge in [-0.3, -0.25) is 0 Å². The number of aliphatic hydroxyl groups excluding tert-OH is 1. The minimum Gasteiger partial charge on any atom is -0.385 e. The third kappa shape index (κ3) is 2.97. The van der Waals surface area contributed by atoms with Crippen LogP contribution in [0.25, 0.3) is 21.9 Å². The molecule has 0 amide bonds. The second kappa shape index (κ2) is 7.29. The van der Waals surface area contributed by atoms with Crippen molar-refractivity contribution in [3.63, 3.8) is 0 Å². The predicted octanol–water partition coefficient (Wildman–Crippen LogP) is 2.06. The molecule has 6 rings (SSSR count). The molecule has 5 atom stereocenters. The summed E-state index contributed by atoms with van der Waals surface area (Å²) < 4.78 is 36.2. The zero-order chi connectivity index (χ0) is 23.8. The van der Waals surface area contributed by atoms with Gasteiger partial charge in [-0.1, -0.05) is 0 Å².